The molecule has 94 valence electrons. The molecule has 0 radical (unpaired) electrons. The van der Waals surface area contributed by atoms with Gasteiger partial charge in [-0.1, -0.05) is 6.07 Å². The molecular weight excluding hydrogens is 210 g/mol. The van der Waals surface area contributed by atoms with Crippen molar-refractivity contribution in [2.75, 3.05) is 6.54 Å². The number of rotatable bonds is 5. The normalized spacial score (nSPS) is 23.5. The molecule has 3 atom stereocenters. The van der Waals surface area contributed by atoms with E-state index in [9.17, 15) is 0 Å². The molecule has 2 heterocycles. The fourth-order valence-corrected chi connectivity index (χ4v) is 2.60. The van der Waals surface area contributed by atoms with Crippen molar-refractivity contribution in [3.05, 3.63) is 30.1 Å². The van der Waals surface area contributed by atoms with Crippen LogP contribution in [0.5, 0.6) is 0 Å². The van der Waals surface area contributed by atoms with Gasteiger partial charge in [-0.2, -0.15) is 0 Å². The Morgan fingerprint density at radius 3 is 3.00 bits per heavy atom. The van der Waals surface area contributed by atoms with Crippen molar-refractivity contribution in [1.82, 2.24) is 15.6 Å². The van der Waals surface area contributed by atoms with Gasteiger partial charge in [0.15, 0.2) is 0 Å². The lowest BCUT2D eigenvalue weighted by molar-refractivity contribution is 0.404. The van der Waals surface area contributed by atoms with Crippen molar-refractivity contribution in [3.8, 4) is 0 Å². The third-order valence-corrected chi connectivity index (χ3v) is 3.47. The largest absolute Gasteiger partial charge is 0.314 e. The first-order chi connectivity index (χ1) is 8.25. The maximum Gasteiger partial charge on any atom is 0.0570 e. The minimum atomic E-state index is 0.326. The molecule has 1 aromatic heterocycles. The van der Waals surface area contributed by atoms with Gasteiger partial charge in [-0.25, -0.2) is 0 Å². The summed E-state index contributed by atoms with van der Waals surface area (Å²) in [6.07, 6.45) is 5.71. The summed E-state index contributed by atoms with van der Waals surface area (Å²) < 4.78 is 0. The highest BCUT2D eigenvalue weighted by molar-refractivity contribution is 5.07. The minimum absolute atomic E-state index is 0.326. The molecule has 1 aliphatic rings. The summed E-state index contributed by atoms with van der Waals surface area (Å²) in [5, 5.41) is 7.17. The first kappa shape index (κ1) is 12.5. The zero-order valence-corrected chi connectivity index (χ0v) is 10.8. The van der Waals surface area contributed by atoms with Gasteiger partial charge in [0, 0.05) is 24.3 Å². The molecule has 0 amide bonds. The predicted molar refractivity (Wildman–Crippen MR) is 70.9 cm³/mol. The fourth-order valence-electron chi connectivity index (χ4n) is 2.60. The number of hydrogen-bond donors (Lipinski definition) is 2. The zero-order valence-electron chi connectivity index (χ0n) is 10.8. The van der Waals surface area contributed by atoms with E-state index in [1.165, 1.54) is 25.8 Å². The van der Waals surface area contributed by atoms with E-state index in [0.717, 1.165) is 5.69 Å². The van der Waals surface area contributed by atoms with Crippen LogP contribution in [0.4, 0.5) is 0 Å². The zero-order chi connectivity index (χ0) is 12.1. The minimum Gasteiger partial charge on any atom is -0.314 e. The second-order valence-corrected chi connectivity index (χ2v) is 5.07. The molecule has 1 aromatic rings. The van der Waals surface area contributed by atoms with Gasteiger partial charge in [-0.3, -0.25) is 4.98 Å². The smallest absolute Gasteiger partial charge is 0.0570 e. The summed E-state index contributed by atoms with van der Waals surface area (Å²) in [4.78, 5) is 4.39. The highest BCUT2D eigenvalue weighted by Crippen LogP contribution is 2.14. The van der Waals surface area contributed by atoms with Gasteiger partial charge in [0.25, 0.3) is 0 Å². The highest BCUT2D eigenvalue weighted by Gasteiger charge is 2.18. The van der Waals surface area contributed by atoms with Gasteiger partial charge in [0.2, 0.25) is 0 Å². The molecular formula is C14H23N3. The molecule has 1 fully saturated rings. The number of nitrogens with zero attached hydrogens (tertiary/aromatic N) is 1. The lowest BCUT2D eigenvalue weighted by Gasteiger charge is -2.22. The van der Waals surface area contributed by atoms with Crippen molar-refractivity contribution >= 4 is 0 Å². The molecule has 2 N–H and O–H groups in total. The van der Waals surface area contributed by atoms with Crippen molar-refractivity contribution in [2.45, 2.75) is 51.2 Å². The van der Waals surface area contributed by atoms with E-state index >= 15 is 0 Å². The van der Waals surface area contributed by atoms with E-state index < -0.39 is 0 Å². The summed E-state index contributed by atoms with van der Waals surface area (Å²) in [5.41, 5.74) is 1.12. The summed E-state index contributed by atoms with van der Waals surface area (Å²) >= 11 is 0. The van der Waals surface area contributed by atoms with E-state index in [-0.39, 0.29) is 0 Å². The Labute approximate surface area is 104 Å². The van der Waals surface area contributed by atoms with Gasteiger partial charge >= 0.3 is 0 Å². The molecule has 2 unspecified atom stereocenters. The molecule has 0 aliphatic carbocycles. The van der Waals surface area contributed by atoms with Crippen molar-refractivity contribution in [1.29, 1.82) is 0 Å². The van der Waals surface area contributed by atoms with Crippen LogP contribution in [0.3, 0.4) is 0 Å². The number of nitrogens with one attached hydrogen (secondary N) is 2. The highest BCUT2D eigenvalue weighted by atomic mass is 15.0. The third kappa shape index (κ3) is 3.79. The quantitative estimate of drug-likeness (QED) is 0.819. The van der Waals surface area contributed by atoms with Crippen LogP contribution in [0, 0.1) is 0 Å². The van der Waals surface area contributed by atoms with Crippen LogP contribution in [-0.2, 0) is 0 Å². The maximum absolute atomic E-state index is 4.39. The molecule has 2 rings (SSSR count). The number of aromatic nitrogens is 1. The maximum atomic E-state index is 4.39. The second-order valence-electron chi connectivity index (χ2n) is 5.07. The van der Waals surface area contributed by atoms with E-state index in [1.54, 1.807) is 0 Å². The average molecular weight is 233 g/mol. The molecule has 17 heavy (non-hydrogen) atoms. The van der Waals surface area contributed by atoms with E-state index in [2.05, 4.69) is 35.5 Å². The van der Waals surface area contributed by atoms with Crippen molar-refractivity contribution in [3.63, 3.8) is 0 Å². The molecule has 0 saturated carbocycles. The van der Waals surface area contributed by atoms with Gasteiger partial charge in [0.1, 0.15) is 0 Å². The Morgan fingerprint density at radius 1 is 1.47 bits per heavy atom. The van der Waals surface area contributed by atoms with Gasteiger partial charge in [0.05, 0.1) is 5.69 Å². The van der Waals surface area contributed by atoms with E-state index in [0.29, 0.717) is 18.1 Å². The van der Waals surface area contributed by atoms with Crippen molar-refractivity contribution < 1.29 is 0 Å². The molecule has 3 heteroatoms. The number of pyridine rings is 1. The van der Waals surface area contributed by atoms with E-state index in [1.807, 2.05) is 18.3 Å². The van der Waals surface area contributed by atoms with Gasteiger partial charge < -0.3 is 10.6 Å². The van der Waals surface area contributed by atoms with Crippen LogP contribution in [-0.4, -0.2) is 23.6 Å². The van der Waals surface area contributed by atoms with Crippen molar-refractivity contribution in [2.24, 2.45) is 0 Å². The number of hydrogen-bond acceptors (Lipinski definition) is 3. The molecule has 1 aliphatic heterocycles. The second kappa shape index (κ2) is 6.12. The first-order valence-electron chi connectivity index (χ1n) is 6.66. The lowest BCUT2D eigenvalue weighted by atomic mass is 10.1. The topological polar surface area (TPSA) is 37.0 Å². The standard InChI is InChI=1S/C14H23N3/c1-11(10-13-6-5-9-15-13)17-12(2)14-7-3-4-8-16-14/h3-4,7-8,11-13,15,17H,5-6,9-10H2,1-2H3/t11?,12-,13?/m1/s1. The van der Waals surface area contributed by atoms with Crippen LogP contribution in [0.25, 0.3) is 0 Å². The SMILES string of the molecule is CC(CC1CCCN1)N[C@H](C)c1ccccn1. The van der Waals surface area contributed by atoms with Crippen LogP contribution >= 0.6 is 0 Å². The van der Waals surface area contributed by atoms with Crippen LogP contribution in [0.15, 0.2) is 24.4 Å². The van der Waals surface area contributed by atoms with Crippen LogP contribution in [0.1, 0.15) is 44.8 Å². The Kier molecular flexibility index (Phi) is 4.51. The molecule has 3 nitrogen and oxygen atoms in total. The van der Waals surface area contributed by atoms with Crippen LogP contribution in [0.2, 0.25) is 0 Å². The lowest BCUT2D eigenvalue weighted by Crippen LogP contribution is -2.35. The summed E-state index contributed by atoms with van der Waals surface area (Å²) in [5.74, 6) is 0. The predicted octanol–water partition coefficient (Wildman–Crippen LogP) is 2.26. The summed E-state index contributed by atoms with van der Waals surface area (Å²) in [6.45, 7) is 5.63. The summed E-state index contributed by atoms with van der Waals surface area (Å²) in [6, 6.07) is 7.65. The van der Waals surface area contributed by atoms with Gasteiger partial charge in [-0.15, -0.1) is 0 Å². The third-order valence-electron chi connectivity index (χ3n) is 3.47. The van der Waals surface area contributed by atoms with Gasteiger partial charge in [-0.05, 0) is 51.8 Å². The first-order valence-corrected chi connectivity index (χ1v) is 6.66. The Morgan fingerprint density at radius 2 is 2.35 bits per heavy atom. The molecule has 0 spiro atoms. The Bertz CT molecular complexity index is 319. The molecule has 0 aromatic carbocycles. The summed E-state index contributed by atoms with van der Waals surface area (Å²) in [7, 11) is 0. The monoisotopic (exact) mass is 233 g/mol. The Balaban J connectivity index is 1.79. The molecule has 1 saturated heterocycles. The van der Waals surface area contributed by atoms with E-state index in [4.69, 9.17) is 0 Å². The Hall–Kier alpha value is -0.930. The average Bonchev–Trinajstić information content (AvgIpc) is 2.82. The fraction of sp³-hybridized carbons (Fsp3) is 0.643. The van der Waals surface area contributed by atoms with Crippen LogP contribution < -0.4 is 10.6 Å². The molecule has 0 bridgehead atoms.